The second-order valence-corrected chi connectivity index (χ2v) is 8.78. The summed E-state index contributed by atoms with van der Waals surface area (Å²) in [7, 11) is 0. The average molecular weight is 419 g/mol. The Labute approximate surface area is 183 Å². The molecule has 7 nitrogen and oxygen atoms in total. The number of piperidine rings is 1. The molecule has 1 N–H and O–H groups in total. The number of nitrogens with one attached hydrogen (secondary N) is 1. The van der Waals surface area contributed by atoms with Gasteiger partial charge in [-0.15, -0.1) is 0 Å². The van der Waals surface area contributed by atoms with Crippen LogP contribution in [0.5, 0.6) is 0 Å². The van der Waals surface area contributed by atoms with Crippen molar-refractivity contribution in [1.29, 1.82) is 0 Å². The topological polar surface area (TPSA) is 65.8 Å². The standard InChI is InChI=1S/C24H30N6O/c1-18(21-4-2-8-25-16-21)28-11-5-19(6-12-28)14-20-7-13-30-22(15-20)23(17-27-30)29-10-3-9-26-24(29)31/h2,4,7-8,13,15-19H,3,5-6,9-12,14H2,1H3,(H,26,31). The third-order valence-corrected chi connectivity index (χ3v) is 6.82. The number of likely N-dealkylation sites (tertiary alicyclic amines) is 1. The maximum Gasteiger partial charge on any atom is 0.321 e. The van der Waals surface area contributed by atoms with Crippen molar-refractivity contribution in [2.75, 3.05) is 31.1 Å². The first-order chi connectivity index (χ1) is 15.2. The van der Waals surface area contributed by atoms with Crippen LogP contribution in [0.2, 0.25) is 0 Å². The number of fused-ring (bicyclic) bond motifs is 1. The molecule has 3 aromatic heterocycles. The highest BCUT2D eigenvalue weighted by molar-refractivity contribution is 5.96. The van der Waals surface area contributed by atoms with Crippen LogP contribution < -0.4 is 10.2 Å². The van der Waals surface area contributed by atoms with E-state index in [1.165, 1.54) is 24.0 Å². The average Bonchev–Trinajstić information content (AvgIpc) is 3.23. The molecule has 2 aliphatic heterocycles. The van der Waals surface area contributed by atoms with E-state index >= 15 is 0 Å². The van der Waals surface area contributed by atoms with Crippen LogP contribution in [-0.4, -0.2) is 51.7 Å². The van der Waals surface area contributed by atoms with Gasteiger partial charge in [0.1, 0.15) is 0 Å². The van der Waals surface area contributed by atoms with Crippen LogP contribution in [0.1, 0.15) is 43.4 Å². The molecule has 2 amide bonds. The van der Waals surface area contributed by atoms with Gasteiger partial charge in [0.15, 0.2) is 0 Å². The second-order valence-electron chi connectivity index (χ2n) is 8.78. The predicted molar refractivity (Wildman–Crippen MR) is 121 cm³/mol. The molecular weight excluding hydrogens is 388 g/mol. The Bertz CT molecular complexity index is 1040. The number of pyridine rings is 2. The second kappa shape index (κ2) is 8.67. The van der Waals surface area contributed by atoms with E-state index in [0.29, 0.717) is 12.0 Å². The van der Waals surface area contributed by atoms with Gasteiger partial charge in [-0.2, -0.15) is 5.10 Å². The molecule has 0 radical (unpaired) electrons. The number of hydrogen-bond acceptors (Lipinski definition) is 4. The Morgan fingerprint density at radius 2 is 2.06 bits per heavy atom. The maximum absolute atomic E-state index is 12.3. The lowest BCUT2D eigenvalue weighted by molar-refractivity contribution is 0.141. The van der Waals surface area contributed by atoms with Gasteiger partial charge in [-0.05, 0) is 80.9 Å². The quantitative estimate of drug-likeness (QED) is 0.687. The first-order valence-corrected chi connectivity index (χ1v) is 11.3. The van der Waals surface area contributed by atoms with E-state index < -0.39 is 0 Å². The van der Waals surface area contributed by atoms with Gasteiger partial charge in [0.2, 0.25) is 0 Å². The van der Waals surface area contributed by atoms with Crippen LogP contribution in [-0.2, 0) is 6.42 Å². The van der Waals surface area contributed by atoms with E-state index in [-0.39, 0.29) is 6.03 Å². The number of nitrogens with zero attached hydrogens (tertiary/aromatic N) is 5. The molecular formula is C24H30N6O. The van der Waals surface area contributed by atoms with Crippen molar-refractivity contribution in [2.24, 2.45) is 5.92 Å². The van der Waals surface area contributed by atoms with Crippen LogP contribution in [0.4, 0.5) is 10.5 Å². The molecule has 0 bridgehead atoms. The van der Waals surface area contributed by atoms with E-state index in [0.717, 1.165) is 50.2 Å². The van der Waals surface area contributed by atoms with E-state index in [4.69, 9.17) is 0 Å². The highest BCUT2D eigenvalue weighted by Crippen LogP contribution is 2.29. The Kier molecular flexibility index (Phi) is 5.59. The number of amides is 2. The molecule has 3 aromatic rings. The normalized spacial score (nSPS) is 19.5. The minimum absolute atomic E-state index is 0.0262. The molecule has 2 fully saturated rings. The summed E-state index contributed by atoms with van der Waals surface area (Å²) in [4.78, 5) is 21.0. The highest BCUT2D eigenvalue weighted by Gasteiger charge is 2.25. The van der Waals surface area contributed by atoms with Crippen molar-refractivity contribution in [3.8, 4) is 0 Å². The molecule has 1 unspecified atom stereocenters. The van der Waals surface area contributed by atoms with Crippen LogP contribution in [0.3, 0.4) is 0 Å². The summed E-state index contributed by atoms with van der Waals surface area (Å²) in [5.74, 6) is 0.685. The summed E-state index contributed by atoms with van der Waals surface area (Å²) in [6.07, 6.45) is 12.1. The number of aromatic nitrogens is 3. The monoisotopic (exact) mass is 418 g/mol. The molecule has 0 aliphatic carbocycles. The zero-order valence-electron chi connectivity index (χ0n) is 18.1. The highest BCUT2D eigenvalue weighted by atomic mass is 16.2. The SMILES string of the molecule is CC(c1cccnc1)N1CCC(Cc2ccn3ncc(N4CCCNC4=O)c3c2)CC1. The molecule has 0 spiro atoms. The van der Waals surface area contributed by atoms with Gasteiger partial charge in [0.05, 0.1) is 17.4 Å². The van der Waals surface area contributed by atoms with Crippen LogP contribution in [0.25, 0.3) is 5.52 Å². The lowest BCUT2D eigenvalue weighted by Gasteiger charge is -2.36. The number of urea groups is 1. The van der Waals surface area contributed by atoms with Gasteiger partial charge in [0.25, 0.3) is 0 Å². The Morgan fingerprint density at radius 3 is 2.84 bits per heavy atom. The van der Waals surface area contributed by atoms with Crippen molar-refractivity contribution in [2.45, 2.75) is 38.6 Å². The smallest absolute Gasteiger partial charge is 0.321 e. The zero-order valence-corrected chi connectivity index (χ0v) is 18.1. The summed E-state index contributed by atoms with van der Waals surface area (Å²) in [6, 6.07) is 8.97. The lowest BCUT2D eigenvalue weighted by atomic mass is 9.89. The van der Waals surface area contributed by atoms with Crippen LogP contribution in [0, 0.1) is 5.92 Å². The maximum atomic E-state index is 12.3. The minimum atomic E-state index is -0.0262. The fourth-order valence-electron chi connectivity index (χ4n) is 4.92. The van der Waals surface area contributed by atoms with E-state index in [1.807, 2.05) is 40.3 Å². The van der Waals surface area contributed by atoms with Crippen molar-refractivity contribution in [1.82, 2.24) is 24.8 Å². The number of rotatable bonds is 5. The van der Waals surface area contributed by atoms with Gasteiger partial charge in [0, 0.05) is 37.7 Å². The number of carbonyl (C=O) groups is 1. The van der Waals surface area contributed by atoms with Gasteiger partial charge in [-0.1, -0.05) is 6.07 Å². The predicted octanol–water partition coefficient (Wildman–Crippen LogP) is 3.66. The van der Waals surface area contributed by atoms with Gasteiger partial charge in [-0.25, -0.2) is 9.31 Å². The molecule has 2 saturated heterocycles. The first-order valence-electron chi connectivity index (χ1n) is 11.3. The molecule has 5 heterocycles. The van der Waals surface area contributed by atoms with Crippen LogP contribution >= 0.6 is 0 Å². The van der Waals surface area contributed by atoms with E-state index in [2.05, 4.69) is 45.4 Å². The van der Waals surface area contributed by atoms with Gasteiger partial charge < -0.3 is 5.32 Å². The number of hydrogen-bond donors (Lipinski definition) is 1. The third-order valence-electron chi connectivity index (χ3n) is 6.82. The van der Waals surface area contributed by atoms with E-state index in [9.17, 15) is 4.79 Å². The van der Waals surface area contributed by atoms with Crippen molar-refractivity contribution < 1.29 is 4.79 Å². The zero-order chi connectivity index (χ0) is 21.2. The summed E-state index contributed by atoms with van der Waals surface area (Å²) >= 11 is 0. The fraction of sp³-hybridized carbons (Fsp3) is 0.458. The molecule has 31 heavy (non-hydrogen) atoms. The third kappa shape index (κ3) is 4.14. The van der Waals surface area contributed by atoms with Crippen molar-refractivity contribution in [3.63, 3.8) is 0 Å². The number of carbonyl (C=O) groups excluding carboxylic acids is 1. The number of anilines is 1. The fourth-order valence-corrected chi connectivity index (χ4v) is 4.92. The van der Waals surface area contributed by atoms with Gasteiger partial charge in [-0.3, -0.25) is 14.8 Å². The molecule has 2 aliphatic rings. The molecule has 1 atom stereocenters. The molecule has 0 aromatic carbocycles. The molecule has 7 heteroatoms. The summed E-state index contributed by atoms with van der Waals surface area (Å²) < 4.78 is 1.87. The minimum Gasteiger partial charge on any atom is -0.338 e. The summed E-state index contributed by atoms with van der Waals surface area (Å²) in [5.41, 5.74) is 4.53. The van der Waals surface area contributed by atoms with Crippen LogP contribution in [0.15, 0.2) is 49.1 Å². The molecule has 162 valence electrons. The summed E-state index contributed by atoms with van der Waals surface area (Å²) in [6.45, 7) is 6.01. The van der Waals surface area contributed by atoms with E-state index in [1.54, 1.807) is 0 Å². The van der Waals surface area contributed by atoms with Crippen molar-refractivity contribution >= 4 is 17.2 Å². The van der Waals surface area contributed by atoms with Gasteiger partial charge >= 0.3 is 6.03 Å². The largest absolute Gasteiger partial charge is 0.338 e. The summed E-state index contributed by atoms with van der Waals surface area (Å²) in [5, 5.41) is 7.39. The molecule has 0 saturated carbocycles. The molecule has 5 rings (SSSR count). The van der Waals surface area contributed by atoms with Crippen molar-refractivity contribution in [3.05, 3.63) is 60.2 Å². The Morgan fingerprint density at radius 1 is 1.19 bits per heavy atom. The first kappa shape index (κ1) is 20.0. The Hall–Kier alpha value is -2.93. The Balaban J connectivity index is 1.25. The lowest BCUT2D eigenvalue weighted by Crippen LogP contribution is -2.46.